The zero-order valence-corrected chi connectivity index (χ0v) is 13.8. The number of carbonyl (C=O) groups is 1. The van der Waals surface area contributed by atoms with Crippen molar-refractivity contribution in [3.63, 3.8) is 0 Å². The van der Waals surface area contributed by atoms with E-state index in [2.05, 4.69) is 10.6 Å². The van der Waals surface area contributed by atoms with Gasteiger partial charge in [0.15, 0.2) is 0 Å². The van der Waals surface area contributed by atoms with E-state index in [1.165, 1.54) is 32.1 Å². The summed E-state index contributed by atoms with van der Waals surface area (Å²) in [4.78, 5) is 12.3. The van der Waals surface area contributed by atoms with Crippen LogP contribution in [0, 0.1) is 11.3 Å². The largest absolute Gasteiger partial charge is 0.396 e. The first kappa shape index (κ1) is 16.3. The highest BCUT2D eigenvalue weighted by atomic mass is 16.3. The smallest absolute Gasteiger partial charge is 0.315 e. The zero-order chi connectivity index (χ0) is 16.1. The summed E-state index contributed by atoms with van der Waals surface area (Å²) in [7, 11) is 0. The molecular formula is C19H28N2O2. The molecule has 1 aromatic rings. The van der Waals surface area contributed by atoms with Gasteiger partial charge in [-0.15, -0.1) is 0 Å². The lowest BCUT2D eigenvalue weighted by atomic mass is 9.65. The molecule has 2 amide bonds. The van der Waals surface area contributed by atoms with Crippen molar-refractivity contribution in [3.8, 4) is 0 Å². The number of hydrogen-bond donors (Lipinski definition) is 3. The molecule has 3 rings (SSSR count). The molecule has 23 heavy (non-hydrogen) atoms. The molecule has 4 nitrogen and oxygen atoms in total. The second kappa shape index (κ2) is 7.35. The van der Waals surface area contributed by atoms with Crippen LogP contribution in [-0.2, 0) is 0 Å². The van der Waals surface area contributed by atoms with Crippen LogP contribution in [-0.4, -0.2) is 24.3 Å². The van der Waals surface area contributed by atoms with Crippen LogP contribution in [0.3, 0.4) is 0 Å². The van der Waals surface area contributed by atoms with E-state index < -0.39 is 0 Å². The highest BCUT2D eigenvalue weighted by molar-refractivity contribution is 5.74. The van der Waals surface area contributed by atoms with Crippen LogP contribution in [0.4, 0.5) is 4.79 Å². The van der Waals surface area contributed by atoms with Gasteiger partial charge >= 0.3 is 6.03 Å². The summed E-state index contributed by atoms with van der Waals surface area (Å²) in [6.07, 6.45) is 7.96. The van der Waals surface area contributed by atoms with E-state index in [4.69, 9.17) is 5.11 Å². The lowest BCUT2D eigenvalue weighted by molar-refractivity contribution is 0.101. The highest BCUT2D eigenvalue weighted by Gasteiger charge is 2.48. The number of nitrogens with one attached hydrogen (secondary N) is 2. The summed E-state index contributed by atoms with van der Waals surface area (Å²) in [6, 6.07) is 9.88. The van der Waals surface area contributed by atoms with Gasteiger partial charge in [-0.25, -0.2) is 4.79 Å². The first-order chi connectivity index (χ1) is 11.2. The Morgan fingerprint density at radius 1 is 1.26 bits per heavy atom. The molecule has 2 fully saturated rings. The number of carbonyl (C=O) groups excluding carboxylic acids is 1. The number of rotatable bonds is 8. The van der Waals surface area contributed by atoms with Crippen molar-refractivity contribution < 1.29 is 9.90 Å². The molecular weight excluding hydrogens is 288 g/mol. The van der Waals surface area contributed by atoms with Crippen molar-refractivity contribution in [1.82, 2.24) is 10.6 Å². The maximum Gasteiger partial charge on any atom is 0.315 e. The van der Waals surface area contributed by atoms with Crippen molar-refractivity contribution >= 4 is 6.03 Å². The van der Waals surface area contributed by atoms with E-state index >= 15 is 0 Å². The molecule has 1 unspecified atom stereocenters. The van der Waals surface area contributed by atoms with Crippen LogP contribution < -0.4 is 10.6 Å². The molecule has 0 heterocycles. The van der Waals surface area contributed by atoms with Gasteiger partial charge in [0.2, 0.25) is 0 Å². The first-order valence-electron chi connectivity index (χ1n) is 8.94. The van der Waals surface area contributed by atoms with Crippen LogP contribution in [0.1, 0.15) is 56.6 Å². The van der Waals surface area contributed by atoms with Gasteiger partial charge in [0.1, 0.15) is 0 Å². The minimum Gasteiger partial charge on any atom is -0.396 e. The summed E-state index contributed by atoms with van der Waals surface area (Å²) in [5.74, 6) is 0.843. The summed E-state index contributed by atoms with van der Waals surface area (Å²) < 4.78 is 0. The number of aliphatic hydroxyl groups excluding tert-OH is 1. The van der Waals surface area contributed by atoms with E-state index in [9.17, 15) is 4.79 Å². The maximum absolute atomic E-state index is 12.3. The Bertz CT molecular complexity index is 509. The number of aliphatic hydroxyl groups is 1. The van der Waals surface area contributed by atoms with Crippen molar-refractivity contribution in [2.24, 2.45) is 11.3 Å². The number of urea groups is 1. The summed E-state index contributed by atoms with van der Waals surface area (Å²) in [5.41, 5.74) is 1.49. The van der Waals surface area contributed by atoms with E-state index in [1.54, 1.807) is 0 Å². The van der Waals surface area contributed by atoms with Crippen molar-refractivity contribution in [2.75, 3.05) is 13.2 Å². The quantitative estimate of drug-likeness (QED) is 0.688. The molecule has 1 aromatic carbocycles. The number of amides is 2. The number of hydrogen-bond acceptors (Lipinski definition) is 2. The molecule has 2 aliphatic rings. The summed E-state index contributed by atoms with van der Waals surface area (Å²) in [5, 5.41) is 15.3. The van der Waals surface area contributed by atoms with Crippen molar-refractivity contribution in [2.45, 2.75) is 51.0 Å². The molecule has 2 aliphatic carbocycles. The van der Waals surface area contributed by atoms with Gasteiger partial charge in [0.25, 0.3) is 0 Å². The molecule has 4 heteroatoms. The third-order valence-corrected chi connectivity index (χ3v) is 5.55. The summed E-state index contributed by atoms with van der Waals surface area (Å²) >= 11 is 0. The first-order valence-corrected chi connectivity index (χ1v) is 8.94. The Morgan fingerprint density at radius 3 is 2.57 bits per heavy atom. The van der Waals surface area contributed by atoms with Crippen molar-refractivity contribution in [3.05, 3.63) is 35.9 Å². The Kier molecular flexibility index (Phi) is 5.21. The molecule has 0 spiro atoms. The Labute approximate surface area is 138 Å². The third kappa shape index (κ3) is 4.05. The van der Waals surface area contributed by atoms with E-state index in [-0.39, 0.29) is 18.7 Å². The third-order valence-electron chi connectivity index (χ3n) is 5.55. The SMILES string of the molecule is O=C(NCC1(C2CC2)CCC1)NC(CCCO)c1ccccc1. The molecule has 126 valence electrons. The van der Waals surface area contributed by atoms with E-state index in [0.717, 1.165) is 24.4 Å². The zero-order valence-electron chi connectivity index (χ0n) is 13.8. The van der Waals surface area contributed by atoms with Gasteiger partial charge in [-0.05, 0) is 55.4 Å². The number of benzene rings is 1. The molecule has 0 aliphatic heterocycles. The van der Waals surface area contributed by atoms with Gasteiger partial charge in [-0.3, -0.25) is 0 Å². The molecule has 3 N–H and O–H groups in total. The Balaban J connectivity index is 1.53. The van der Waals surface area contributed by atoms with Gasteiger partial charge in [-0.1, -0.05) is 36.8 Å². The Morgan fingerprint density at radius 2 is 2.00 bits per heavy atom. The molecule has 0 bridgehead atoms. The average Bonchev–Trinajstić information content (AvgIpc) is 3.36. The standard InChI is InChI=1S/C19H28N2O2/c22-13-4-8-17(15-6-2-1-3-7-15)21-18(23)20-14-19(11-5-12-19)16-9-10-16/h1-3,6-7,16-17,22H,4-5,8-14H2,(H2,20,21,23). The lowest BCUT2D eigenvalue weighted by Gasteiger charge is -2.42. The molecule has 1 atom stereocenters. The topological polar surface area (TPSA) is 61.4 Å². The van der Waals surface area contributed by atoms with Crippen LogP contribution in [0.25, 0.3) is 0 Å². The van der Waals surface area contributed by atoms with Crippen LogP contribution in [0.15, 0.2) is 30.3 Å². The fraction of sp³-hybridized carbons (Fsp3) is 0.632. The molecule has 2 saturated carbocycles. The maximum atomic E-state index is 12.3. The average molecular weight is 316 g/mol. The van der Waals surface area contributed by atoms with Gasteiger partial charge in [0.05, 0.1) is 6.04 Å². The predicted octanol–water partition coefficient (Wildman–Crippen LogP) is 3.38. The minimum absolute atomic E-state index is 0.0402. The van der Waals surface area contributed by atoms with Gasteiger partial charge in [0, 0.05) is 13.2 Å². The summed E-state index contributed by atoms with van der Waals surface area (Å²) in [6.45, 7) is 0.961. The van der Waals surface area contributed by atoms with E-state index in [1.807, 2.05) is 30.3 Å². The van der Waals surface area contributed by atoms with Gasteiger partial charge < -0.3 is 15.7 Å². The highest BCUT2D eigenvalue weighted by Crippen LogP contribution is 2.56. The van der Waals surface area contributed by atoms with Crippen LogP contribution in [0.2, 0.25) is 0 Å². The lowest BCUT2D eigenvalue weighted by Crippen LogP contribution is -2.47. The van der Waals surface area contributed by atoms with E-state index in [0.29, 0.717) is 11.8 Å². The normalized spacial score (nSPS) is 20.4. The second-order valence-corrected chi connectivity index (χ2v) is 7.15. The second-order valence-electron chi connectivity index (χ2n) is 7.15. The predicted molar refractivity (Wildman–Crippen MR) is 91.0 cm³/mol. The minimum atomic E-state index is -0.0799. The van der Waals surface area contributed by atoms with Crippen molar-refractivity contribution in [1.29, 1.82) is 0 Å². The van der Waals surface area contributed by atoms with Gasteiger partial charge in [-0.2, -0.15) is 0 Å². The Hall–Kier alpha value is -1.55. The molecule has 0 radical (unpaired) electrons. The fourth-order valence-corrected chi connectivity index (χ4v) is 3.82. The molecule has 0 saturated heterocycles. The van der Waals surface area contributed by atoms with Crippen LogP contribution >= 0.6 is 0 Å². The van der Waals surface area contributed by atoms with Crippen LogP contribution in [0.5, 0.6) is 0 Å². The molecule has 0 aromatic heterocycles. The fourth-order valence-electron chi connectivity index (χ4n) is 3.82. The monoisotopic (exact) mass is 316 g/mol.